The maximum absolute atomic E-state index is 11.9. The van der Waals surface area contributed by atoms with Crippen molar-refractivity contribution in [2.45, 2.75) is 110 Å². The molecule has 0 unspecified atom stereocenters. The molecule has 0 atom stereocenters. The number of hydrogen-bond donors (Lipinski definition) is 0. The molecule has 0 saturated heterocycles. The minimum absolute atomic E-state index is 0.0489. The Morgan fingerprint density at radius 3 is 1.85 bits per heavy atom. The van der Waals surface area contributed by atoms with Gasteiger partial charge in [0.2, 0.25) is 0 Å². The molecule has 0 saturated carbocycles. The van der Waals surface area contributed by atoms with Crippen molar-refractivity contribution in [2.24, 2.45) is 0 Å². The lowest BCUT2D eigenvalue weighted by molar-refractivity contribution is -0.145. The molecule has 148 valence electrons. The molecule has 0 N–H and O–H groups in total. The van der Waals surface area contributed by atoms with Gasteiger partial charge in [0.1, 0.15) is 6.61 Å². The number of carbonyl (C=O) groups excluding carboxylic acids is 1. The Balaban J connectivity index is 1.99. The van der Waals surface area contributed by atoms with Gasteiger partial charge in [0, 0.05) is 6.42 Å². The monoisotopic (exact) mass is 360 g/mol. The van der Waals surface area contributed by atoms with Gasteiger partial charge in [-0.2, -0.15) is 0 Å². The van der Waals surface area contributed by atoms with Gasteiger partial charge in [0.25, 0.3) is 0 Å². The largest absolute Gasteiger partial charge is 0.461 e. The van der Waals surface area contributed by atoms with E-state index in [1.165, 1.54) is 63.4 Å². The second kappa shape index (κ2) is 15.9. The minimum Gasteiger partial charge on any atom is -0.461 e. The van der Waals surface area contributed by atoms with E-state index in [4.69, 9.17) is 4.74 Å². The van der Waals surface area contributed by atoms with Gasteiger partial charge in [-0.15, -0.1) is 0 Å². The molecular weight excluding hydrogens is 320 g/mol. The van der Waals surface area contributed by atoms with Crippen molar-refractivity contribution in [3.8, 4) is 0 Å². The van der Waals surface area contributed by atoms with Crippen molar-refractivity contribution < 1.29 is 9.53 Å². The summed E-state index contributed by atoms with van der Waals surface area (Å²) in [7, 11) is 0. The zero-order valence-electron chi connectivity index (χ0n) is 17.2. The zero-order valence-corrected chi connectivity index (χ0v) is 17.2. The third-order valence-electron chi connectivity index (χ3n) is 5.01. The standard InChI is InChI=1S/C24H40O2/c1-3-5-6-7-8-9-10-11-12-13-14-20-24(25)26-21-23-19-16-15-18-22(23)17-4-2/h15-16,18-19H,3-14,17,20-21H2,1-2H3. The van der Waals surface area contributed by atoms with Crippen molar-refractivity contribution in [1.82, 2.24) is 0 Å². The fourth-order valence-corrected chi connectivity index (χ4v) is 3.38. The van der Waals surface area contributed by atoms with E-state index < -0.39 is 0 Å². The number of benzene rings is 1. The second-order valence-electron chi connectivity index (χ2n) is 7.46. The molecule has 0 amide bonds. The molecule has 1 rings (SSSR count). The number of carbonyl (C=O) groups is 1. The summed E-state index contributed by atoms with van der Waals surface area (Å²) >= 11 is 0. The van der Waals surface area contributed by atoms with E-state index in [1.54, 1.807) is 0 Å². The summed E-state index contributed by atoms with van der Waals surface area (Å²) in [5.41, 5.74) is 2.46. The smallest absolute Gasteiger partial charge is 0.306 e. The quantitative estimate of drug-likeness (QED) is 0.227. The number of ether oxygens (including phenoxy) is 1. The molecule has 0 aliphatic heterocycles. The average Bonchev–Trinajstić information content (AvgIpc) is 2.65. The Labute approximate surface area is 161 Å². The van der Waals surface area contributed by atoms with E-state index in [0.717, 1.165) is 31.2 Å². The molecule has 0 aliphatic rings. The van der Waals surface area contributed by atoms with Crippen LogP contribution in [-0.2, 0) is 22.6 Å². The highest BCUT2D eigenvalue weighted by Crippen LogP contribution is 2.14. The molecule has 0 spiro atoms. The Bertz CT molecular complexity index is 467. The van der Waals surface area contributed by atoms with Gasteiger partial charge in [-0.25, -0.2) is 0 Å². The lowest BCUT2D eigenvalue weighted by atomic mass is 10.0. The Morgan fingerprint density at radius 2 is 1.27 bits per heavy atom. The summed E-state index contributed by atoms with van der Waals surface area (Å²) in [6, 6.07) is 8.28. The summed E-state index contributed by atoms with van der Waals surface area (Å²) in [6.45, 7) is 4.86. The predicted octanol–water partition coefficient (Wildman–Crippen LogP) is 7.38. The highest BCUT2D eigenvalue weighted by Gasteiger charge is 2.06. The van der Waals surface area contributed by atoms with E-state index >= 15 is 0 Å². The summed E-state index contributed by atoms with van der Waals surface area (Å²) in [5.74, 6) is -0.0489. The molecule has 0 bridgehead atoms. The summed E-state index contributed by atoms with van der Waals surface area (Å²) < 4.78 is 5.47. The average molecular weight is 361 g/mol. The first-order valence-corrected chi connectivity index (χ1v) is 11.0. The second-order valence-corrected chi connectivity index (χ2v) is 7.46. The van der Waals surface area contributed by atoms with Crippen LogP contribution in [0.15, 0.2) is 24.3 Å². The van der Waals surface area contributed by atoms with Crippen LogP contribution in [0.4, 0.5) is 0 Å². The first-order chi connectivity index (χ1) is 12.8. The number of aryl methyl sites for hydroxylation is 1. The molecule has 0 aromatic heterocycles. The molecule has 0 heterocycles. The van der Waals surface area contributed by atoms with Crippen LogP contribution in [0, 0.1) is 0 Å². The van der Waals surface area contributed by atoms with Crippen LogP contribution in [0.25, 0.3) is 0 Å². The molecule has 2 nitrogen and oxygen atoms in total. The summed E-state index contributed by atoms with van der Waals surface area (Å²) in [5, 5.41) is 0. The molecule has 2 heteroatoms. The third-order valence-corrected chi connectivity index (χ3v) is 5.01. The molecule has 1 aromatic rings. The fraction of sp³-hybridized carbons (Fsp3) is 0.708. The van der Waals surface area contributed by atoms with Crippen molar-refractivity contribution in [1.29, 1.82) is 0 Å². The van der Waals surface area contributed by atoms with E-state index in [-0.39, 0.29) is 5.97 Å². The van der Waals surface area contributed by atoms with Gasteiger partial charge < -0.3 is 4.74 Å². The Kier molecular flexibility index (Phi) is 13.9. The highest BCUT2D eigenvalue weighted by atomic mass is 16.5. The molecule has 26 heavy (non-hydrogen) atoms. The number of esters is 1. The molecule has 1 aromatic carbocycles. The number of hydrogen-bond acceptors (Lipinski definition) is 2. The van der Waals surface area contributed by atoms with Crippen LogP contribution in [0.2, 0.25) is 0 Å². The number of rotatable bonds is 16. The summed E-state index contributed by atoms with van der Waals surface area (Å²) in [6.07, 6.45) is 17.1. The molecule has 0 radical (unpaired) electrons. The lowest BCUT2D eigenvalue weighted by Gasteiger charge is -2.09. The summed E-state index contributed by atoms with van der Waals surface area (Å²) in [4.78, 5) is 11.9. The van der Waals surface area contributed by atoms with E-state index in [2.05, 4.69) is 32.0 Å². The molecule has 0 fully saturated rings. The minimum atomic E-state index is -0.0489. The van der Waals surface area contributed by atoms with Gasteiger partial charge in [0.15, 0.2) is 0 Å². The van der Waals surface area contributed by atoms with Gasteiger partial charge in [0.05, 0.1) is 0 Å². The van der Waals surface area contributed by atoms with Crippen LogP contribution < -0.4 is 0 Å². The SMILES string of the molecule is CCCCCCCCCCCCCC(=O)OCc1ccccc1CCC. The van der Waals surface area contributed by atoms with Gasteiger partial charge in [-0.05, 0) is 24.0 Å². The fourth-order valence-electron chi connectivity index (χ4n) is 3.38. The number of unbranched alkanes of at least 4 members (excludes halogenated alkanes) is 10. The van der Waals surface area contributed by atoms with Gasteiger partial charge in [-0.3, -0.25) is 4.79 Å². The molecule has 0 aliphatic carbocycles. The van der Waals surface area contributed by atoms with Gasteiger partial charge >= 0.3 is 5.97 Å². The van der Waals surface area contributed by atoms with Gasteiger partial charge in [-0.1, -0.05) is 109 Å². The van der Waals surface area contributed by atoms with E-state index in [0.29, 0.717) is 13.0 Å². The van der Waals surface area contributed by atoms with Crippen LogP contribution >= 0.6 is 0 Å². The Hall–Kier alpha value is -1.31. The van der Waals surface area contributed by atoms with Crippen molar-refractivity contribution in [3.63, 3.8) is 0 Å². The maximum atomic E-state index is 11.9. The Morgan fingerprint density at radius 1 is 0.731 bits per heavy atom. The maximum Gasteiger partial charge on any atom is 0.306 e. The van der Waals surface area contributed by atoms with Crippen LogP contribution in [-0.4, -0.2) is 5.97 Å². The molecular formula is C24H40O2. The van der Waals surface area contributed by atoms with Crippen LogP contribution in [0.5, 0.6) is 0 Å². The van der Waals surface area contributed by atoms with Crippen molar-refractivity contribution >= 4 is 5.97 Å². The first-order valence-electron chi connectivity index (χ1n) is 11.0. The lowest BCUT2D eigenvalue weighted by Crippen LogP contribution is -2.06. The van der Waals surface area contributed by atoms with E-state index in [1.807, 2.05) is 6.07 Å². The van der Waals surface area contributed by atoms with Crippen molar-refractivity contribution in [3.05, 3.63) is 35.4 Å². The van der Waals surface area contributed by atoms with E-state index in [9.17, 15) is 4.79 Å². The normalized spacial score (nSPS) is 10.8. The third kappa shape index (κ3) is 11.3. The highest BCUT2D eigenvalue weighted by molar-refractivity contribution is 5.69. The first kappa shape index (κ1) is 22.7. The topological polar surface area (TPSA) is 26.3 Å². The zero-order chi connectivity index (χ0) is 18.9. The van der Waals surface area contributed by atoms with Crippen LogP contribution in [0.1, 0.15) is 108 Å². The predicted molar refractivity (Wildman–Crippen MR) is 111 cm³/mol. The van der Waals surface area contributed by atoms with Crippen LogP contribution in [0.3, 0.4) is 0 Å². The van der Waals surface area contributed by atoms with Crippen molar-refractivity contribution in [2.75, 3.05) is 0 Å².